The van der Waals surface area contributed by atoms with Crippen LogP contribution < -0.4 is 5.32 Å². The fourth-order valence-corrected chi connectivity index (χ4v) is 4.43. The van der Waals surface area contributed by atoms with Crippen LogP contribution in [0, 0.1) is 6.92 Å². The van der Waals surface area contributed by atoms with Gasteiger partial charge < -0.3 is 10.2 Å². The first kappa shape index (κ1) is 17.7. The number of hydrogen-bond donors (Lipinski definition) is 1. The van der Waals surface area contributed by atoms with E-state index in [0.29, 0.717) is 24.4 Å². The zero-order chi connectivity index (χ0) is 18.8. The van der Waals surface area contributed by atoms with Gasteiger partial charge in [0.2, 0.25) is 5.91 Å². The molecule has 2 aromatic heterocycles. The number of carbonyl (C=O) groups excluding carboxylic acids is 2. The van der Waals surface area contributed by atoms with E-state index >= 15 is 0 Å². The number of nitrogens with one attached hydrogen (secondary N) is 1. The van der Waals surface area contributed by atoms with Gasteiger partial charge in [0.15, 0.2) is 4.96 Å². The lowest BCUT2D eigenvalue weighted by Gasteiger charge is -2.15. The van der Waals surface area contributed by atoms with Crippen LogP contribution in [0.25, 0.3) is 16.2 Å². The van der Waals surface area contributed by atoms with Gasteiger partial charge in [-0.25, -0.2) is 4.98 Å². The molecule has 6 nitrogen and oxygen atoms in total. The van der Waals surface area contributed by atoms with Crippen molar-refractivity contribution in [3.05, 3.63) is 47.1 Å². The van der Waals surface area contributed by atoms with Gasteiger partial charge in [-0.1, -0.05) is 41.7 Å². The van der Waals surface area contributed by atoms with E-state index in [4.69, 9.17) is 0 Å². The van der Waals surface area contributed by atoms with E-state index in [1.54, 1.807) is 0 Å². The highest BCUT2D eigenvalue weighted by Gasteiger charge is 2.20. The molecule has 1 aliphatic rings. The highest BCUT2D eigenvalue weighted by molar-refractivity contribution is 7.19. The first-order chi connectivity index (χ1) is 13.1. The number of aromatic nitrogens is 2. The van der Waals surface area contributed by atoms with E-state index in [1.165, 1.54) is 11.3 Å². The second-order valence-corrected chi connectivity index (χ2v) is 7.73. The maximum Gasteiger partial charge on any atom is 0.263 e. The minimum absolute atomic E-state index is 0.0722. The van der Waals surface area contributed by atoms with E-state index in [2.05, 4.69) is 10.3 Å². The second kappa shape index (κ2) is 7.52. The number of benzene rings is 1. The van der Waals surface area contributed by atoms with Gasteiger partial charge in [-0.3, -0.25) is 14.0 Å². The standard InChI is InChI=1S/C20H22N4O2S/c1-14-18(19(26)21-10-6-12-23-11-5-9-17(23)25)27-20-22-16(13-24(14)20)15-7-3-2-4-8-15/h2-4,7-8,13H,5-6,9-12H2,1H3,(H,21,26). The molecule has 1 N–H and O–H groups in total. The molecule has 0 radical (unpaired) electrons. The summed E-state index contributed by atoms with van der Waals surface area (Å²) >= 11 is 1.41. The molecule has 3 heterocycles. The highest BCUT2D eigenvalue weighted by atomic mass is 32.1. The average Bonchev–Trinajstić information content (AvgIpc) is 3.36. The van der Waals surface area contributed by atoms with Gasteiger partial charge in [0.05, 0.1) is 5.69 Å². The maximum absolute atomic E-state index is 12.5. The molecule has 0 bridgehead atoms. The van der Waals surface area contributed by atoms with Crippen molar-refractivity contribution in [2.24, 2.45) is 0 Å². The molecule has 0 unspecified atom stereocenters. The molecule has 0 atom stereocenters. The largest absolute Gasteiger partial charge is 0.351 e. The Morgan fingerprint density at radius 2 is 2.11 bits per heavy atom. The van der Waals surface area contributed by atoms with E-state index < -0.39 is 0 Å². The number of thiazole rings is 1. The van der Waals surface area contributed by atoms with Crippen LogP contribution in [0.1, 0.15) is 34.6 Å². The lowest BCUT2D eigenvalue weighted by molar-refractivity contribution is -0.127. The number of nitrogens with zero attached hydrogens (tertiary/aromatic N) is 3. The molecule has 0 spiro atoms. The van der Waals surface area contributed by atoms with Gasteiger partial charge in [0.25, 0.3) is 5.91 Å². The summed E-state index contributed by atoms with van der Waals surface area (Å²) in [6.07, 6.45) is 4.36. The smallest absolute Gasteiger partial charge is 0.263 e. The Morgan fingerprint density at radius 3 is 2.81 bits per heavy atom. The number of hydrogen-bond acceptors (Lipinski definition) is 4. The summed E-state index contributed by atoms with van der Waals surface area (Å²) in [6, 6.07) is 10.0. The molecule has 1 aliphatic heterocycles. The fourth-order valence-electron chi connectivity index (χ4n) is 3.40. The van der Waals surface area contributed by atoms with Crippen molar-refractivity contribution >= 4 is 28.1 Å². The molecule has 2 amide bonds. The lowest BCUT2D eigenvalue weighted by Crippen LogP contribution is -2.30. The quantitative estimate of drug-likeness (QED) is 0.666. The predicted octanol–water partition coefficient (Wildman–Crippen LogP) is 3.11. The van der Waals surface area contributed by atoms with Crippen molar-refractivity contribution in [2.75, 3.05) is 19.6 Å². The third kappa shape index (κ3) is 3.60. The Morgan fingerprint density at radius 1 is 1.30 bits per heavy atom. The monoisotopic (exact) mass is 382 g/mol. The Balaban J connectivity index is 1.39. The normalized spacial score (nSPS) is 14.3. The van der Waals surface area contributed by atoms with E-state index in [-0.39, 0.29) is 11.8 Å². The number of aryl methyl sites for hydroxylation is 1. The van der Waals surface area contributed by atoms with Crippen molar-refractivity contribution in [3.63, 3.8) is 0 Å². The van der Waals surface area contributed by atoms with Crippen molar-refractivity contribution in [1.29, 1.82) is 0 Å². The number of likely N-dealkylation sites (tertiary alicyclic amines) is 1. The molecule has 27 heavy (non-hydrogen) atoms. The summed E-state index contributed by atoms with van der Waals surface area (Å²) < 4.78 is 1.98. The summed E-state index contributed by atoms with van der Waals surface area (Å²) in [4.78, 5) is 32.2. The first-order valence-corrected chi connectivity index (χ1v) is 10.0. The number of carbonyl (C=O) groups is 2. The van der Waals surface area contributed by atoms with Gasteiger partial charge in [-0.05, 0) is 19.8 Å². The number of fused-ring (bicyclic) bond motifs is 1. The summed E-state index contributed by atoms with van der Waals surface area (Å²) in [5, 5.41) is 2.97. The summed E-state index contributed by atoms with van der Waals surface area (Å²) in [5.41, 5.74) is 2.87. The first-order valence-electron chi connectivity index (χ1n) is 9.23. The van der Waals surface area contributed by atoms with E-state index in [0.717, 1.165) is 41.3 Å². The van der Waals surface area contributed by atoms with Crippen LogP contribution in [0.15, 0.2) is 36.5 Å². The average molecular weight is 382 g/mol. The van der Waals surface area contributed by atoms with Gasteiger partial charge in [-0.15, -0.1) is 0 Å². The van der Waals surface area contributed by atoms with Crippen LogP contribution in [-0.2, 0) is 4.79 Å². The molecule has 7 heteroatoms. The van der Waals surface area contributed by atoms with E-state index in [1.807, 2.05) is 52.8 Å². The zero-order valence-electron chi connectivity index (χ0n) is 15.3. The molecule has 140 valence electrons. The Kier molecular flexibility index (Phi) is 4.94. The molecule has 3 aromatic rings. The minimum atomic E-state index is -0.0722. The van der Waals surface area contributed by atoms with E-state index in [9.17, 15) is 9.59 Å². The van der Waals surface area contributed by atoms with Crippen molar-refractivity contribution in [1.82, 2.24) is 19.6 Å². The molecule has 1 aromatic carbocycles. The van der Waals surface area contributed by atoms with Gasteiger partial charge in [-0.2, -0.15) is 0 Å². The Bertz CT molecular complexity index is 977. The van der Waals surface area contributed by atoms with Crippen molar-refractivity contribution in [3.8, 4) is 11.3 Å². The minimum Gasteiger partial charge on any atom is -0.351 e. The second-order valence-electron chi connectivity index (χ2n) is 6.76. The van der Waals surface area contributed by atoms with Crippen molar-refractivity contribution < 1.29 is 9.59 Å². The molecule has 1 saturated heterocycles. The highest BCUT2D eigenvalue weighted by Crippen LogP contribution is 2.27. The van der Waals surface area contributed by atoms with Crippen LogP contribution >= 0.6 is 11.3 Å². The topological polar surface area (TPSA) is 66.7 Å². The number of amides is 2. The summed E-state index contributed by atoms with van der Waals surface area (Å²) in [6.45, 7) is 4.07. The Hall–Kier alpha value is -2.67. The maximum atomic E-state index is 12.5. The van der Waals surface area contributed by atoms with Crippen LogP contribution in [-0.4, -0.2) is 45.7 Å². The SMILES string of the molecule is Cc1c(C(=O)NCCCN2CCCC2=O)sc2nc(-c3ccccc3)cn12. The third-order valence-electron chi connectivity index (χ3n) is 4.89. The predicted molar refractivity (Wildman–Crippen MR) is 106 cm³/mol. The molecule has 0 aliphatic carbocycles. The lowest BCUT2D eigenvalue weighted by atomic mass is 10.2. The molecule has 4 rings (SSSR count). The van der Waals surface area contributed by atoms with Gasteiger partial charge in [0, 0.05) is 43.5 Å². The van der Waals surface area contributed by atoms with Gasteiger partial charge >= 0.3 is 0 Å². The van der Waals surface area contributed by atoms with Crippen LogP contribution in [0.4, 0.5) is 0 Å². The van der Waals surface area contributed by atoms with Crippen LogP contribution in [0.3, 0.4) is 0 Å². The zero-order valence-corrected chi connectivity index (χ0v) is 16.1. The van der Waals surface area contributed by atoms with Crippen molar-refractivity contribution in [2.45, 2.75) is 26.2 Å². The summed E-state index contributed by atoms with van der Waals surface area (Å²) in [5.74, 6) is 0.155. The molecular weight excluding hydrogens is 360 g/mol. The number of rotatable bonds is 6. The molecular formula is C20H22N4O2S. The summed E-state index contributed by atoms with van der Waals surface area (Å²) in [7, 11) is 0. The van der Waals surface area contributed by atoms with Crippen LogP contribution in [0.5, 0.6) is 0 Å². The van der Waals surface area contributed by atoms with Crippen LogP contribution in [0.2, 0.25) is 0 Å². The Labute approximate surface area is 161 Å². The molecule has 1 fully saturated rings. The third-order valence-corrected chi connectivity index (χ3v) is 6.05. The number of imidazole rings is 1. The molecule has 0 saturated carbocycles. The fraction of sp³-hybridized carbons (Fsp3) is 0.350. The van der Waals surface area contributed by atoms with Gasteiger partial charge in [0.1, 0.15) is 4.88 Å².